The molecule has 1 unspecified atom stereocenters. The van der Waals surface area contributed by atoms with Crippen molar-refractivity contribution < 1.29 is 12.8 Å². The van der Waals surface area contributed by atoms with E-state index in [4.69, 9.17) is 15.9 Å². The highest BCUT2D eigenvalue weighted by atomic mass is 32.2. The minimum atomic E-state index is -3.99. The summed E-state index contributed by atoms with van der Waals surface area (Å²) in [6, 6.07) is 6.49. The maximum Gasteiger partial charge on any atom is 0.220 e. The minimum absolute atomic E-state index is 0.0476. The monoisotopic (exact) mass is 573 g/mol. The zero-order valence-corrected chi connectivity index (χ0v) is 23.8. The van der Waals surface area contributed by atoms with Crippen LogP contribution in [0.3, 0.4) is 0 Å². The summed E-state index contributed by atoms with van der Waals surface area (Å²) in [6.45, 7) is 7.05. The first-order valence-corrected chi connectivity index (χ1v) is 16.0. The van der Waals surface area contributed by atoms with Gasteiger partial charge in [0.15, 0.2) is 0 Å². The van der Waals surface area contributed by atoms with Crippen LogP contribution in [0.2, 0.25) is 0 Å². The van der Waals surface area contributed by atoms with Gasteiger partial charge in [0, 0.05) is 29.8 Å². The van der Waals surface area contributed by atoms with Gasteiger partial charge in [-0.15, -0.1) is 11.3 Å². The van der Waals surface area contributed by atoms with E-state index in [1.165, 1.54) is 30.2 Å². The standard InChI is InChI=1S/C27H36FN7O2S2/c1-2-22(39(30,36)37)19-4-3-5-20(23(19)28)24-25(21-8-13-32-27(29)33-21)38-26(34-24)18-9-14-35(15-10-18)16-17-6-11-31-12-7-17/h3-5,8,13,17-18,22,31H,2,6-7,9-12,14-16H2,1H3,(H2,29,32,33)(H2,30,36,37). The number of halogens is 1. The number of piperidine rings is 2. The van der Waals surface area contributed by atoms with Crippen molar-refractivity contribution in [1.82, 2.24) is 25.2 Å². The Labute approximate surface area is 233 Å². The third-order valence-corrected chi connectivity index (χ3v) is 10.5. The molecule has 4 heterocycles. The zero-order valence-electron chi connectivity index (χ0n) is 22.1. The Morgan fingerprint density at radius 3 is 2.56 bits per heavy atom. The summed E-state index contributed by atoms with van der Waals surface area (Å²) in [6.07, 6.45) is 6.16. The summed E-state index contributed by atoms with van der Waals surface area (Å²) in [5, 5.41) is 8.67. The van der Waals surface area contributed by atoms with Gasteiger partial charge in [0.05, 0.1) is 21.3 Å². The number of hydrogen-bond donors (Lipinski definition) is 3. The van der Waals surface area contributed by atoms with Gasteiger partial charge in [0.2, 0.25) is 16.0 Å². The Morgan fingerprint density at radius 2 is 1.90 bits per heavy atom. The third-order valence-electron chi connectivity index (χ3n) is 7.86. The van der Waals surface area contributed by atoms with E-state index < -0.39 is 21.1 Å². The molecule has 0 spiro atoms. The molecule has 3 aromatic rings. The highest BCUT2D eigenvalue weighted by Gasteiger charge is 2.30. The minimum Gasteiger partial charge on any atom is -0.368 e. The molecule has 0 saturated carbocycles. The number of aromatic nitrogens is 3. The van der Waals surface area contributed by atoms with Crippen LogP contribution < -0.4 is 16.2 Å². The average molecular weight is 574 g/mol. The Bertz CT molecular complexity index is 1400. The number of primary sulfonamides is 1. The van der Waals surface area contributed by atoms with E-state index in [1.54, 1.807) is 31.3 Å². The highest BCUT2D eigenvalue weighted by molar-refractivity contribution is 7.89. The van der Waals surface area contributed by atoms with Crippen LogP contribution in [0.4, 0.5) is 10.3 Å². The van der Waals surface area contributed by atoms with Gasteiger partial charge in [-0.25, -0.2) is 32.9 Å². The summed E-state index contributed by atoms with van der Waals surface area (Å²) in [5.41, 5.74) is 7.16. The van der Waals surface area contributed by atoms with Gasteiger partial charge in [-0.1, -0.05) is 19.1 Å². The van der Waals surface area contributed by atoms with Crippen molar-refractivity contribution in [3.8, 4) is 21.8 Å². The number of likely N-dealkylation sites (tertiary alicyclic amines) is 1. The molecule has 0 bridgehead atoms. The molecule has 2 aliphatic rings. The van der Waals surface area contributed by atoms with Crippen molar-refractivity contribution in [2.75, 3.05) is 38.5 Å². The van der Waals surface area contributed by atoms with Crippen LogP contribution in [0.25, 0.3) is 21.8 Å². The van der Waals surface area contributed by atoms with Crippen LogP contribution in [0, 0.1) is 11.7 Å². The molecule has 0 aliphatic carbocycles. The summed E-state index contributed by atoms with van der Waals surface area (Å²) < 4.78 is 40.4. The number of benzene rings is 1. The quantitative estimate of drug-likeness (QED) is 0.369. The number of anilines is 1. The smallest absolute Gasteiger partial charge is 0.220 e. The lowest BCUT2D eigenvalue weighted by Crippen LogP contribution is -2.39. The molecule has 39 heavy (non-hydrogen) atoms. The maximum absolute atomic E-state index is 16.0. The molecule has 1 atom stereocenters. The second-order valence-electron chi connectivity index (χ2n) is 10.5. The summed E-state index contributed by atoms with van der Waals surface area (Å²) in [7, 11) is -3.99. The van der Waals surface area contributed by atoms with Crippen molar-refractivity contribution in [2.45, 2.75) is 50.2 Å². The summed E-state index contributed by atoms with van der Waals surface area (Å²) in [4.78, 5) is 16.6. The van der Waals surface area contributed by atoms with Crippen molar-refractivity contribution in [2.24, 2.45) is 11.1 Å². The van der Waals surface area contributed by atoms with Gasteiger partial charge >= 0.3 is 0 Å². The van der Waals surface area contributed by atoms with E-state index in [1.807, 2.05) is 0 Å². The lowest BCUT2D eigenvalue weighted by Gasteiger charge is -2.34. The number of nitrogens with two attached hydrogens (primary N) is 2. The molecule has 12 heteroatoms. The number of rotatable bonds is 8. The molecule has 2 aliphatic heterocycles. The first-order chi connectivity index (χ1) is 18.7. The van der Waals surface area contributed by atoms with Gasteiger partial charge in [-0.3, -0.25) is 0 Å². The molecule has 9 nitrogen and oxygen atoms in total. The topological polar surface area (TPSA) is 140 Å². The van der Waals surface area contributed by atoms with Crippen LogP contribution in [0.15, 0.2) is 30.5 Å². The Hall–Kier alpha value is -2.51. The van der Waals surface area contributed by atoms with E-state index in [0.29, 0.717) is 16.3 Å². The fraction of sp³-hybridized carbons (Fsp3) is 0.519. The average Bonchev–Trinajstić information content (AvgIpc) is 3.36. The lowest BCUT2D eigenvalue weighted by atomic mass is 9.93. The van der Waals surface area contributed by atoms with E-state index >= 15 is 4.39 Å². The van der Waals surface area contributed by atoms with Crippen LogP contribution in [0.5, 0.6) is 0 Å². The van der Waals surface area contributed by atoms with E-state index in [2.05, 4.69) is 20.2 Å². The highest BCUT2D eigenvalue weighted by Crippen LogP contribution is 2.43. The van der Waals surface area contributed by atoms with Crippen molar-refractivity contribution in [3.63, 3.8) is 0 Å². The van der Waals surface area contributed by atoms with Crippen LogP contribution in [-0.2, 0) is 10.0 Å². The first-order valence-electron chi connectivity index (χ1n) is 13.6. The normalized spacial score (nSPS) is 18.8. The molecular weight excluding hydrogens is 537 g/mol. The Kier molecular flexibility index (Phi) is 8.57. The predicted octanol–water partition coefficient (Wildman–Crippen LogP) is 3.91. The maximum atomic E-state index is 16.0. The number of nitrogens with one attached hydrogen (secondary N) is 1. The van der Waals surface area contributed by atoms with Crippen LogP contribution >= 0.6 is 11.3 Å². The number of nitrogen functional groups attached to an aromatic ring is 1. The number of nitrogens with zero attached hydrogens (tertiary/aromatic N) is 4. The molecule has 2 saturated heterocycles. The molecular formula is C27H36FN7O2S2. The third kappa shape index (κ3) is 6.30. The largest absolute Gasteiger partial charge is 0.368 e. The summed E-state index contributed by atoms with van der Waals surface area (Å²) >= 11 is 1.50. The Morgan fingerprint density at radius 1 is 1.15 bits per heavy atom. The molecule has 5 rings (SSSR count). The van der Waals surface area contributed by atoms with Gasteiger partial charge in [-0.05, 0) is 76.3 Å². The van der Waals surface area contributed by atoms with Crippen molar-refractivity contribution >= 4 is 27.3 Å². The predicted molar refractivity (Wildman–Crippen MR) is 153 cm³/mol. The molecule has 2 aromatic heterocycles. The molecule has 0 amide bonds. The van der Waals surface area contributed by atoms with Gasteiger partial charge in [0.25, 0.3) is 0 Å². The fourth-order valence-electron chi connectivity index (χ4n) is 5.77. The van der Waals surface area contributed by atoms with E-state index in [0.717, 1.165) is 56.5 Å². The second-order valence-corrected chi connectivity index (χ2v) is 13.3. The lowest BCUT2D eigenvalue weighted by molar-refractivity contribution is 0.167. The molecule has 1 aromatic carbocycles. The first kappa shape index (κ1) is 28.0. The number of sulfonamides is 1. The number of thiazole rings is 1. The van der Waals surface area contributed by atoms with Crippen molar-refractivity contribution in [3.05, 3.63) is 46.9 Å². The number of hydrogen-bond acceptors (Lipinski definition) is 9. The van der Waals surface area contributed by atoms with Crippen LogP contribution in [-0.4, -0.2) is 61.0 Å². The van der Waals surface area contributed by atoms with Gasteiger partial charge < -0.3 is 16.0 Å². The molecule has 5 N–H and O–H groups in total. The van der Waals surface area contributed by atoms with Gasteiger partial charge in [-0.2, -0.15) is 0 Å². The SMILES string of the molecule is CCC(c1cccc(-c2nc(C3CCN(CC4CCNCC4)CC3)sc2-c2ccnc(N)n2)c1F)S(N)(=O)=O. The van der Waals surface area contributed by atoms with Crippen molar-refractivity contribution in [1.29, 1.82) is 0 Å². The molecule has 210 valence electrons. The Balaban J connectivity index is 1.47. The van der Waals surface area contributed by atoms with E-state index in [9.17, 15) is 8.42 Å². The summed E-state index contributed by atoms with van der Waals surface area (Å²) in [5.74, 6) is 0.498. The molecule has 2 fully saturated rings. The second kappa shape index (κ2) is 11.9. The fourth-order valence-corrected chi connectivity index (χ4v) is 7.99. The molecule has 0 radical (unpaired) electrons. The zero-order chi connectivity index (χ0) is 27.6. The van der Waals surface area contributed by atoms with Gasteiger partial charge in [0.1, 0.15) is 11.1 Å². The van der Waals surface area contributed by atoms with Crippen LogP contribution in [0.1, 0.15) is 60.8 Å². The van der Waals surface area contributed by atoms with E-state index in [-0.39, 0.29) is 29.4 Å².